The van der Waals surface area contributed by atoms with Crippen molar-refractivity contribution in [1.82, 2.24) is 14.6 Å². The largest absolute Gasteiger partial charge is 0.270 e. The van der Waals surface area contributed by atoms with Crippen LogP contribution in [0.1, 0.15) is 11.1 Å². The number of rotatable bonds is 3. The van der Waals surface area contributed by atoms with Crippen molar-refractivity contribution >= 4 is 63.1 Å². The zero-order valence-corrected chi connectivity index (χ0v) is 16.2. The Balaban J connectivity index is 1.76. The Morgan fingerprint density at radius 1 is 0.960 bits per heavy atom. The summed E-state index contributed by atoms with van der Waals surface area (Å²) in [6.07, 6.45) is 0. The number of benzene rings is 2. The van der Waals surface area contributed by atoms with Crippen molar-refractivity contribution in [2.45, 2.75) is 17.8 Å². The summed E-state index contributed by atoms with van der Waals surface area (Å²) in [6, 6.07) is 13.5. The summed E-state index contributed by atoms with van der Waals surface area (Å²) in [7, 11) is 0. The molecule has 0 aliphatic carbocycles. The van der Waals surface area contributed by atoms with Gasteiger partial charge < -0.3 is 0 Å². The Morgan fingerprint density at radius 3 is 2.60 bits per heavy atom. The van der Waals surface area contributed by atoms with Crippen LogP contribution in [0.5, 0.6) is 0 Å². The highest BCUT2D eigenvalue weighted by molar-refractivity contribution is 7.98. The van der Waals surface area contributed by atoms with E-state index in [1.807, 2.05) is 42.5 Å². The zero-order chi connectivity index (χ0) is 17.6. The molecule has 126 valence electrons. The van der Waals surface area contributed by atoms with E-state index in [0.29, 0.717) is 15.1 Å². The third kappa shape index (κ3) is 3.20. The lowest BCUT2D eigenvalue weighted by atomic mass is 10.1. The normalized spacial score (nSPS) is 11.5. The Kier molecular flexibility index (Phi) is 4.54. The molecule has 7 heteroatoms. The Bertz CT molecular complexity index is 1110. The zero-order valence-electron chi connectivity index (χ0n) is 13.1. The molecule has 0 N–H and O–H groups in total. The van der Waals surface area contributed by atoms with E-state index in [-0.39, 0.29) is 0 Å². The molecule has 2 heterocycles. The lowest BCUT2D eigenvalue weighted by Gasteiger charge is -2.08. The molecule has 0 fully saturated rings. The van der Waals surface area contributed by atoms with Gasteiger partial charge in [-0.1, -0.05) is 52.6 Å². The van der Waals surface area contributed by atoms with Crippen molar-refractivity contribution in [2.24, 2.45) is 0 Å². The summed E-state index contributed by atoms with van der Waals surface area (Å²) >= 11 is 19.8. The van der Waals surface area contributed by atoms with E-state index in [0.717, 1.165) is 38.6 Å². The van der Waals surface area contributed by atoms with Gasteiger partial charge in [0.25, 0.3) is 0 Å². The molecule has 0 aliphatic rings. The van der Waals surface area contributed by atoms with E-state index >= 15 is 0 Å². The number of hydrogen-bond donors (Lipinski definition) is 0. The second-order valence-electron chi connectivity index (χ2n) is 5.70. The van der Waals surface area contributed by atoms with E-state index in [9.17, 15) is 0 Å². The number of nitrogens with zero attached hydrogens (tertiary/aromatic N) is 3. The molecule has 25 heavy (non-hydrogen) atoms. The maximum Gasteiger partial charge on any atom is 0.196 e. The molecule has 0 unspecified atom stereocenters. The quantitative estimate of drug-likeness (QED) is 0.365. The van der Waals surface area contributed by atoms with Crippen LogP contribution in [0.3, 0.4) is 0 Å². The minimum absolute atomic E-state index is 0.557. The van der Waals surface area contributed by atoms with E-state index < -0.39 is 0 Å². The molecule has 3 nitrogen and oxygen atoms in total. The number of pyridine rings is 1. The smallest absolute Gasteiger partial charge is 0.196 e. The van der Waals surface area contributed by atoms with Crippen molar-refractivity contribution in [1.29, 1.82) is 0 Å². The van der Waals surface area contributed by atoms with Crippen molar-refractivity contribution in [3.63, 3.8) is 0 Å². The minimum Gasteiger partial charge on any atom is -0.270 e. The second kappa shape index (κ2) is 6.69. The predicted octanol–water partition coefficient (Wildman–Crippen LogP) is 6.44. The van der Waals surface area contributed by atoms with Crippen molar-refractivity contribution in [3.05, 3.63) is 68.7 Å². The molecular formula is C18H12Cl3N3S. The van der Waals surface area contributed by atoms with E-state index in [1.165, 1.54) is 0 Å². The van der Waals surface area contributed by atoms with Gasteiger partial charge in [-0.05, 0) is 54.4 Å². The third-order valence-electron chi connectivity index (χ3n) is 3.98. The summed E-state index contributed by atoms with van der Waals surface area (Å²) in [6.45, 7) is 2.05. The van der Waals surface area contributed by atoms with Crippen molar-refractivity contribution in [2.75, 3.05) is 0 Å². The Hall–Kier alpha value is -1.46. The van der Waals surface area contributed by atoms with Gasteiger partial charge in [-0.15, -0.1) is 10.2 Å². The topological polar surface area (TPSA) is 30.2 Å². The Morgan fingerprint density at radius 2 is 1.80 bits per heavy atom. The molecule has 0 bridgehead atoms. The number of hydrogen-bond acceptors (Lipinski definition) is 3. The van der Waals surface area contributed by atoms with Crippen LogP contribution in [0, 0.1) is 6.92 Å². The monoisotopic (exact) mass is 407 g/mol. The number of thioether (sulfide) groups is 1. The number of fused-ring (bicyclic) bond motifs is 3. The first-order valence-electron chi connectivity index (χ1n) is 7.53. The van der Waals surface area contributed by atoms with Crippen LogP contribution in [0.15, 0.2) is 47.6 Å². The van der Waals surface area contributed by atoms with E-state index in [1.54, 1.807) is 11.8 Å². The first kappa shape index (κ1) is 17.0. The standard InChI is InChI=1S/C18H12Cl3N3S/c1-10-6-17-22-23-18(24(17)16-5-3-12(19)8-13(10)16)25-9-11-2-4-14(20)15(21)7-11/h2-8H,9H2,1H3. The van der Waals surface area contributed by atoms with Gasteiger partial charge in [0, 0.05) is 16.2 Å². The first-order valence-corrected chi connectivity index (χ1v) is 9.65. The van der Waals surface area contributed by atoms with Gasteiger partial charge in [-0.3, -0.25) is 4.40 Å². The molecule has 0 saturated carbocycles. The molecule has 0 spiro atoms. The lowest BCUT2D eigenvalue weighted by Crippen LogP contribution is -1.93. The van der Waals surface area contributed by atoms with Crippen LogP contribution < -0.4 is 0 Å². The van der Waals surface area contributed by atoms with Gasteiger partial charge in [0.05, 0.1) is 15.6 Å². The van der Waals surface area contributed by atoms with Crippen LogP contribution in [0.25, 0.3) is 16.6 Å². The number of aromatic nitrogens is 3. The van der Waals surface area contributed by atoms with Gasteiger partial charge in [-0.2, -0.15) is 0 Å². The molecule has 4 rings (SSSR count). The maximum absolute atomic E-state index is 6.16. The molecular weight excluding hydrogens is 397 g/mol. The third-order valence-corrected chi connectivity index (χ3v) is 5.95. The molecule has 0 atom stereocenters. The van der Waals surface area contributed by atoms with Crippen LogP contribution in [-0.4, -0.2) is 14.6 Å². The average Bonchev–Trinajstić information content (AvgIpc) is 2.99. The molecule has 4 aromatic rings. The van der Waals surface area contributed by atoms with Crippen LogP contribution in [0.2, 0.25) is 15.1 Å². The molecule has 2 aromatic carbocycles. The highest BCUT2D eigenvalue weighted by Crippen LogP contribution is 2.30. The predicted molar refractivity (Wildman–Crippen MR) is 106 cm³/mol. The lowest BCUT2D eigenvalue weighted by molar-refractivity contribution is 0.939. The summed E-state index contributed by atoms with van der Waals surface area (Å²) in [5.41, 5.74) is 4.07. The SMILES string of the molecule is Cc1cc2nnc(SCc3ccc(Cl)c(Cl)c3)n2c2ccc(Cl)cc12. The molecule has 0 saturated heterocycles. The average molecular weight is 409 g/mol. The molecule has 0 amide bonds. The summed E-state index contributed by atoms with van der Waals surface area (Å²) in [4.78, 5) is 0. The van der Waals surface area contributed by atoms with Gasteiger partial charge >= 0.3 is 0 Å². The molecule has 2 aromatic heterocycles. The molecule has 0 aliphatic heterocycles. The van der Waals surface area contributed by atoms with Crippen molar-refractivity contribution < 1.29 is 0 Å². The fraction of sp³-hybridized carbons (Fsp3) is 0.111. The van der Waals surface area contributed by atoms with Crippen LogP contribution >= 0.6 is 46.6 Å². The van der Waals surface area contributed by atoms with Gasteiger partial charge in [0.2, 0.25) is 0 Å². The van der Waals surface area contributed by atoms with Gasteiger partial charge in [0.15, 0.2) is 10.8 Å². The van der Waals surface area contributed by atoms with Crippen molar-refractivity contribution in [3.8, 4) is 0 Å². The minimum atomic E-state index is 0.557. The fourth-order valence-corrected chi connectivity index (χ4v) is 4.15. The maximum atomic E-state index is 6.16. The summed E-state index contributed by atoms with van der Waals surface area (Å²) in [5, 5.41) is 12.4. The fourth-order valence-electron chi connectivity index (χ4n) is 2.76. The van der Waals surface area contributed by atoms with E-state index in [2.05, 4.69) is 21.5 Å². The first-order chi connectivity index (χ1) is 12.0. The number of halogens is 3. The van der Waals surface area contributed by atoms with Crippen LogP contribution in [0.4, 0.5) is 0 Å². The summed E-state index contributed by atoms with van der Waals surface area (Å²) in [5.74, 6) is 0.723. The van der Waals surface area contributed by atoms with E-state index in [4.69, 9.17) is 34.8 Å². The number of aryl methyl sites for hydroxylation is 1. The second-order valence-corrected chi connectivity index (χ2v) is 7.90. The van der Waals surface area contributed by atoms with Gasteiger partial charge in [-0.25, -0.2) is 0 Å². The molecule has 0 radical (unpaired) electrons. The highest BCUT2D eigenvalue weighted by atomic mass is 35.5. The van der Waals surface area contributed by atoms with Crippen LogP contribution in [-0.2, 0) is 5.75 Å². The Labute approximate surface area is 163 Å². The highest BCUT2D eigenvalue weighted by Gasteiger charge is 2.12. The summed E-state index contributed by atoms with van der Waals surface area (Å²) < 4.78 is 2.06. The van der Waals surface area contributed by atoms with Gasteiger partial charge in [0.1, 0.15) is 0 Å².